The molecule has 0 aliphatic heterocycles. The van der Waals surface area contributed by atoms with Crippen LogP contribution in [0.5, 0.6) is 5.75 Å². The third-order valence-electron chi connectivity index (χ3n) is 4.55. The summed E-state index contributed by atoms with van der Waals surface area (Å²) in [7, 11) is 1.78. The number of likely N-dealkylation sites (N-methyl/N-ethyl adjacent to an activating group) is 1. The highest BCUT2D eigenvalue weighted by molar-refractivity contribution is 5.95. The Bertz CT molecular complexity index is 939. The van der Waals surface area contributed by atoms with Gasteiger partial charge in [0.1, 0.15) is 12.4 Å². The summed E-state index contributed by atoms with van der Waals surface area (Å²) in [6, 6.07) is 19.3. The maximum absolute atomic E-state index is 12.8. The second kappa shape index (κ2) is 9.13. The minimum atomic E-state index is -0.0483. The predicted octanol–water partition coefficient (Wildman–Crippen LogP) is 4.17. The lowest BCUT2D eigenvalue weighted by Crippen LogP contribution is -2.30. The first-order valence-corrected chi connectivity index (χ1v) is 9.45. The van der Waals surface area contributed by atoms with E-state index in [0.29, 0.717) is 18.7 Å². The first-order valence-electron chi connectivity index (χ1n) is 9.45. The van der Waals surface area contributed by atoms with Crippen molar-refractivity contribution in [1.82, 2.24) is 15.1 Å². The standard InChI is InChI=1S/C23H25N3O2/c1-4-18-7-5-10-21(15-18)28-14-13-26(3)23(27)20-9-6-8-19(16-20)22-12-11-17(2)24-25-22/h5-12,15-16H,4,13-14H2,1-3H3. The van der Waals surface area contributed by atoms with Gasteiger partial charge in [-0.1, -0.05) is 31.2 Å². The van der Waals surface area contributed by atoms with Crippen LogP contribution >= 0.6 is 0 Å². The minimum absolute atomic E-state index is 0.0483. The number of carbonyl (C=O) groups is 1. The molecule has 0 fully saturated rings. The fourth-order valence-electron chi connectivity index (χ4n) is 2.84. The molecule has 0 aliphatic rings. The van der Waals surface area contributed by atoms with Crippen molar-refractivity contribution in [2.24, 2.45) is 0 Å². The highest BCUT2D eigenvalue weighted by atomic mass is 16.5. The Morgan fingerprint density at radius 3 is 2.61 bits per heavy atom. The Morgan fingerprint density at radius 1 is 1.04 bits per heavy atom. The Hall–Kier alpha value is -3.21. The first-order chi connectivity index (χ1) is 13.6. The number of hydrogen-bond donors (Lipinski definition) is 0. The van der Waals surface area contributed by atoms with Crippen LogP contribution < -0.4 is 4.74 Å². The van der Waals surface area contributed by atoms with E-state index in [1.165, 1.54) is 5.56 Å². The largest absolute Gasteiger partial charge is 0.492 e. The molecule has 0 saturated carbocycles. The van der Waals surface area contributed by atoms with E-state index >= 15 is 0 Å². The van der Waals surface area contributed by atoms with Crippen molar-refractivity contribution in [2.75, 3.05) is 20.2 Å². The van der Waals surface area contributed by atoms with Crippen LogP contribution in [0.25, 0.3) is 11.3 Å². The van der Waals surface area contributed by atoms with Crippen LogP contribution in [0.1, 0.15) is 28.5 Å². The molecule has 0 spiro atoms. The van der Waals surface area contributed by atoms with Crippen molar-refractivity contribution in [2.45, 2.75) is 20.3 Å². The SMILES string of the molecule is CCc1cccc(OCCN(C)C(=O)c2cccc(-c3ccc(C)nn3)c2)c1. The lowest BCUT2D eigenvalue weighted by Gasteiger charge is -2.18. The summed E-state index contributed by atoms with van der Waals surface area (Å²) < 4.78 is 5.80. The summed E-state index contributed by atoms with van der Waals surface area (Å²) in [4.78, 5) is 14.4. The molecule has 0 bridgehead atoms. The maximum atomic E-state index is 12.8. The van der Waals surface area contributed by atoms with Crippen LogP contribution in [0, 0.1) is 6.92 Å². The molecule has 2 aromatic carbocycles. The molecule has 1 amide bonds. The summed E-state index contributed by atoms with van der Waals surface area (Å²) in [6.45, 7) is 4.95. The van der Waals surface area contributed by atoms with Crippen LogP contribution in [0.15, 0.2) is 60.7 Å². The molecule has 144 valence electrons. The first kappa shape index (κ1) is 19.5. The zero-order valence-corrected chi connectivity index (χ0v) is 16.6. The molecule has 0 N–H and O–H groups in total. The summed E-state index contributed by atoms with van der Waals surface area (Å²) in [5.41, 5.74) is 4.34. The summed E-state index contributed by atoms with van der Waals surface area (Å²) in [6.07, 6.45) is 0.970. The van der Waals surface area contributed by atoms with Gasteiger partial charge in [-0.3, -0.25) is 4.79 Å². The van der Waals surface area contributed by atoms with Crippen molar-refractivity contribution in [3.05, 3.63) is 77.5 Å². The van der Waals surface area contributed by atoms with E-state index in [2.05, 4.69) is 23.2 Å². The van der Waals surface area contributed by atoms with Crippen molar-refractivity contribution in [3.8, 4) is 17.0 Å². The van der Waals surface area contributed by atoms with Gasteiger partial charge in [0.05, 0.1) is 17.9 Å². The number of amides is 1. The topological polar surface area (TPSA) is 55.3 Å². The quantitative estimate of drug-likeness (QED) is 0.622. The van der Waals surface area contributed by atoms with Gasteiger partial charge in [0.15, 0.2) is 0 Å². The average Bonchev–Trinajstić information content (AvgIpc) is 2.74. The highest BCUT2D eigenvalue weighted by Gasteiger charge is 2.13. The number of benzene rings is 2. The summed E-state index contributed by atoms with van der Waals surface area (Å²) >= 11 is 0. The van der Waals surface area contributed by atoms with Crippen LogP contribution in [-0.4, -0.2) is 41.2 Å². The molecule has 28 heavy (non-hydrogen) atoms. The van der Waals surface area contributed by atoms with Crippen LogP contribution in [0.3, 0.4) is 0 Å². The highest BCUT2D eigenvalue weighted by Crippen LogP contribution is 2.19. The van der Waals surface area contributed by atoms with E-state index in [4.69, 9.17) is 4.74 Å². The third kappa shape index (κ3) is 4.94. The number of carbonyl (C=O) groups excluding carboxylic acids is 1. The minimum Gasteiger partial charge on any atom is -0.492 e. The normalized spacial score (nSPS) is 10.5. The van der Waals surface area contributed by atoms with E-state index in [1.807, 2.05) is 61.5 Å². The van der Waals surface area contributed by atoms with Crippen LogP contribution in [0.2, 0.25) is 0 Å². The molecule has 1 heterocycles. The zero-order valence-electron chi connectivity index (χ0n) is 16.6. The maximum Gasteiger partial charge on any atom is 0.253 e. The molecule has 0 unspecified atom stereocenters. The van der Waals surface area contributed by atoms with Gasteiger partial charge in [-0.15, -0.1) is 0 Å². The molecular formula is C23H25N3O2. The van der Waals surface area contributed by atoms with Crippen LogP contribution in [-0.2, 0) is 6.42 Å². The van der Waals surface area contributed by atoms with Gasteiger partial charge in [-0.25, -0.2) is 0 Å². The van der Waals surface area contributed by atoms with E-state index in [-0.39, 0.29) is 5.91 Å². The lowest BCUT2D eigenvalue weighted by molar-refractivity contribution is 0.0774. The Kier molecular flexibility index (Phi) is 6.37. The fraction of sp³-hybridized carbons (Fsp3) is 0.261. The number of aryl methyl sites for hydroxylation is 2. The average molecular weight is 375 g/mol. The fourth-order valence-corrected chi connectivity index (χ4v) is 2.84. The van der Waals surface area contributed by atoms with Gasteiger partial charge in [0, 0.05) is 18.2 Å². The van der Waals surface area contributed by atoms with Gasteiger partial charge in [0.2, 0.25) is 0 Å². The van der Waals surface area contributed by atoms with Gasteiger partial charge < -0.3 is 9.64 Å². The second-order valence-electron chi connectivity index (χ2n) is 6.72. The second-order valence-corrected chi connectivity index (χ2v) is 6.72. The van der Waals surface area contributed by atoms with E-state index in [1.54, 1.807) is 11.9 Å². The number of ether oxygens (including phenoxy) is 1. The molecule has 3 aromatic rings. The Morgan fingerprint density at radius 2 is 1.86 bits per heavy atom. The summed E-state index contributed by atoms with van der Waals surface area (Å²) in [5, 5.41) is 8.28. The van der Waals surface area contributed by atoms with Crippen molar-refractivity contribution >= 4 is 5.91 Å². The van der Waals surface area contributed by atoms with Gasteiger partial charge in [-0.05, 0) is 55.3 Å². The van der Waals surface area contributed by atoms with Gasteiger partial charge >= 0.3 is 0 Å². The number of aromatic nitrogens is 2. The molecule has 0 atom stereocenters. The lowest BCUT2D eigenvalue weighted by atomic mass is 10.1. The molecule has 3 rings (SSSR count). The van der Waals surface area contributed by atoms with Crippen molar-refractivity contribution < 1.29 is 9.53 Å². The van der Waals surface area contributed by atoms with E-state index < -0.39 is 0 Å². The molecule has 0 aliphatic carbocycles. The van der Waals surface area contributed by atoms with E-state index in [0.717, 1.165) is 29.1 Å². The van der Waals surface area contributed by atoms with Gasteiger partial charge in [-0.2, -0.15) is 10.2 Å². The smallest absolute Gasteiger partial charge is 0.253 e. The summed E-state index contributed by atoms with van der Waals surface area (Å²) in [5.74, 6) is 0.785. The van der Waals surface area contributed by atoms with Crippen molar-refractivity contribution in [3.63, 3.8) is 0 Å². The molecule has 5 heteroatoms. The molecular weight excluding hydrogens is 350 g/mol. The molecule has 5 nitrogen and oxygen atoms in total. The molecule has 1 aromatic heterocycles. The molecule has 0 saturated heterocycles. The predicted molar refractivity (Wildman–Crippen MR) is 110 cm³/mol. The number of rotatable bonds is 7. The Balaban J connectivity index is 1.61. The number of hydrogen-bond acceptors (Lipinski definition) is 4. The monoisotopic (exact) mass is 375 g/mol. The molecule has 0 radical (unpaired) electrons. The third-order valence-corrected chi connectivity index (χ3v) is 4.55. The van der Waals surface area contributed by atoms with Gasteiger partial charge in [0.25, 0.3) is 5.91 Å². The van der Waals surface area contributed by atoms with Crippen LogP contribution in [0.4, 0.5) is 0 Å². The number of nitrogens with zero attached hydrogens (tertiary/aromatic N) is 3. The van der Waals surface area contributed by atoms with Crippen molar-refractivity contribution in [1.29, 1.82) is 0 Å². The van der Waals surface area contributed by atoms with E-state index in [9.17, 15) is 4.79 Å². The Labute approximate surface area is 166 Å². The zero-order chi connectivity index (χ0) is 19.9.